The molecule has 1 rings (SSSR count). The van der Waals surface area contributed by atoms with Crippen LogP contribution in [0.4, 0.5) is 0 Å². The highest BCUT2D eigenvalue weighted by Gasteiger charge is 2.27. The fourth-order valence-electron chi connectivity index (χ4n) is 3.04. The molecule has 3 heteroatoms. The van der Waals surface area contributed by atoms with Crippen molar-refractivity contribution in [3.8, 4) is 0 Å². The van der Waals surface area contributed by atoms with E-state index in [1.807, 2.05) is 0 Å². The number of hydrogen-bond donors (Lipinski definition) is 2. The lowest BCUT2D eigenvalue weighted by atomic mass is 9.79. The van der Waals surface area contributed by atoms with Crippen molar-refractivity contribution in [2.45, 2.75) is 71.8 Å². The Balaban J connectivity index is 2.31. The van der Waals surface area contributed by atoms with Crippen LogP contribution in [-0.4, -0.2) is 18.5 Å². The summed E-state index contributed by atoms with van der Waals surface area (Å²) in [4.78, 5) is 12.3. The highest BCUT2D eigenvalue weighted by atomic mass is 16.1. The topological polar surface area (TPSA) is 55.1 Å². The smallest absolute Gasteiger partial charge is 0.223 e. The molecule has 0 spiro atoms. The van der Waals surface area contributed by atoms with Gasteiger partial charge in [-0.05, 0) is 57.4 Å². The normalized spacial score (nSPS) is 25.3. The molecule has 1 aliphatic carbocycles. The van der Waals surface area contributed by atoms with E-state index in [9.17, 15) is 4.79 Å². The van der Waals surface area contributed by atoms with Gasteiger partial charge in [-0.3, -0.25) is 4.79 Å². The van der Waals surface area contributed by atoms with Crippen molar-refractivity contribution in [1.29, 1.82) is 0 Å². The van der Waals surface area contributed by atoms with Gasteiger partial charge in [0.1, 0.15) is 0 Å². The molecule has 3 nitrogen and oxygen atoms in total. The van der Waals surface area contributed by atoms with Gasteiger partial charge in [-0.1, -0.05) is 26.7 Å². The molecule has 19 heavy (non-hydrogen) atoms. The molecule has 112 valence electrons. The SMILES string of the molecule is CC(C)CCC(C)NC(=O)C1CCCC(CCN)C1. The van der Waals surface area contributed by atoms with Crippen LogP contribution in [0.1, 0.15) is 65.7 Å². The molecule has 0 heterocycles. The minimum absolute atomic E-state index is 0.229. The predicted octanol–water partition coefficient (Wildman–Crippen LogP) is 3.08. The van der Waals surface area contributed by atoms with Gasteiger partial charge >= 0.3 is 0 Å². The lowest BCUT2D eigenvalue weighted by Crippen LogP contribution is -2.39. The second-order valence-corrected chi connectivity index (χ2v) is 6.69. The van der Waals surface area contributed by atoms with Gasteiger partial charge in [0.15, 0.2) is 0 Å². The van der Waals surface area contributed by atoms with Crippen LogP contribution in [0.5, 0.6) is 0 Å². The van der Waals surface area contributed by atoms with Gasteiger partial charge < -0.3 is 11.1 Å². The molecule has 1 saturated carbocycles. The maximum atomic E-state index is 12.3. The van der Waals surface area contributed by atoms with Crippen LogP contribution < -0.4 is 11.1 Å². The fourth-order valence-corrected chi connectivity index (χ4v) is 3.04. The van der Waals surface area contributed by atoms with Gasteiger partial charge in [0.25, 0.3) is 0 Å². The van der Waals surface area contributed by atoms with E-state index in [1.54, 1.807) is 0 Å². The number of nitrogens with one attached hydrogen (secondary N) is 1. The summed E-state index contributed by atoms with van der Waals surface area (Å²) in [5.74, 6) is 1.88. The molecule has 3 atom stereocenters. The van der Waals surface area contributed by atoms with Crippen molar-refractivity contribution in [1.82, 2.24) is 5.32 Å². The van der Waals surface area contributed by atoms with Crippen LogP contribution in [-0.2, 0) is 4.79 Å². The van der Waals surface area contributed by atoms with Crippen LogP contribution in [0.2, 0.25) is 0 Å². The minimum Gasteiger partial charge on any atom is -0.353 e. The standard InChI is InChI=1S/C16H32N2O/c1-12(2)7-8-13(3)18-16(19)15-6-4-5-14(11-15)9-10-17/h12-15H,4-11,17H2,1-3H3,(H,18,19). The first-order chi connectivity index (χ1) is 9.02. The van der Waals surface area contributed by atoms with E-state index in [2.05, 4.69) is 26.1 Å². The summed E-state index contributed by atoms with van der Waals surface area (Å²) in [6.45, 7) is 7.34. The number of rotatable bonds is 7. The van der Waals surface area contributed by atoms with E-state index < -0.39 is 0 Å². The number of carbonyl (C=O) groups is 1. The molecule has 3 unspecified atom stereocenters. The Kier molecular flexibility index (Phi) is 7.44. The molecule has 3 N–H and O–H groups in total. The Labute approximate surface area is 118 Å². The van der Waals surface area contributed by atoms with Crippen LogP contribution >= 0.6 is 0 Å². The highest BCUT2D eigenvalue weighted by Crippen LogP contribution is 2.31. The Morgan fingerprint density at radius 3 is 2.63 bits per heavy atom. The molecular weight excluding hydrogens is 236 g/mol. The van der Waals surface area contributed by atoms with Crippen LogP contribution in [0.25, 0.3) is 0 Å². The summed E-state index contributed by atoms with van der Waals surface area (Å²) in [5.41, 5.74) is 5.63. The zero-order valence-electron chi connectivity index (χ0n) is 13.0. The van der Waals surface area contributed by atoms with Gasteiger partial charge in [0.2, 0.25) is 5.91 Å². The van der Waals surface area contributed by atoms with Gasteiger partial charge in [-0.2, -0.15) is 0 Å². The van der Waals surface area contributed by atoms with E-state index in [-0.39, 0.29) is 11.8 Å². The summed E-state index contributed by atoms with van der Waals surface area (Å²) in [6.07, 6.45) is 7.88. The first-order valence-electron chi connectivity index (χ1n) is 8.03. The number of hydrogen-bond acceptors (Lipinski definition) is 2. The molecule has 0 aliphatic heterocycles. The van der Waals surface area contributed by atoms with Crippen molar-refractivity contribution in [3.05, 3.63) is 0 Å². The summed E-state index contributed by atoms with van der Waals surface area (Å²) >= 11 is 0. The van der Waals surface area contributed by atoms with Crippen molar-refractivity contribution in [2.24, 2.45) is 23.5 Å². The summed E-state index contributed by atoms with van der Waals surface area (Å²) in [7, 11) is 0. The van der Waals surface area contributed by atoms with E-state index >= 15 is 0 Å². The Morgan fingerprint density at radius 1 is 1.26 bits per heavy atom. The second-order valence-electron chi connectivity index (χ2n) is 6.69. The summed E-state index contributed by atoms with van der Waals surface area (Å²) in [5, 5.41) is 3.20. The zero-order chi connectivity index (χ0) is 14.3. The largest absolute Gasteiger partial charge is 0.353 e. The predicted molar refractivity (Wildman–Crippen MR) is 80.8 cm³/mol. The number of amides is 1. The molecule has 0 aromatic carbocycles. The number of carbonyl (C=O) groups excluding carboxylic acids is 1. The summed E-state index contributed by atoms with van der Waals surface area (Å²) in [6, 6.07) is 0.310. The van der Waals surface area contributed by atoms with Gasteiger partial charge in [0, 0.05) is 12.0 Å². The third kappa shape index (κ3) is 6.42. The van der Waals surface area contributed by atoms with Crippen molar-refractivity contribution < 1.29 is 4.79 Å². The lowest BCUT2D eigenvalue weighted by Gasteiger charge is -2.29. The zero-order valence-corrected chi connectivity index (χ0v) is 13.0. The lowest BCUT2D eigenvalue weighted by molar-refractivity contribution is -0.127. The monoisotopic (exact) mass is 268 g/mol. The number of nitrogens with two attached hydrogens (primary N) is 1. The molecule has 1 fully saturated rings. The fraction of sp³-hybridized carbons (Fsp3) is 0.938. The van der Waals surface area contributed by atoms with Crippen molar-refractivity contribution in [2.75, 3.05) is 6.54 Å². The van der Waals surface area contributed by atoms with E-state index in [1.165, 1.54) is 19.3 Å². The molecule has 0 aromatic heterocycles. The molecule has 0 aromatic rings. The third-order valence-corrected chi connectivity index (χ3v) is 4.29. The van der Waals surface area contributed by atoms with Crippen LogP contribution in [0.15, 0.2) is 0 Å². The second kappa shape index (κ2) is 8.57. The highest BCUT2D eigenvalue weighted by molar-refractivity contribution is 5.79. The Morgan fingerprint density at radius 2 is 2.00 bits per heavy atom. The van der Waals surface area contributed by atoms with Crippen LogP contribution in [0, 0.1) is 17.8 Å². The summed E-state index contributed by atoms with van der Waals surface area (Å²) < 4.78 is 0. The first-order valence-corrected chi connectivity index (χ1v) is 8.03. The van der Waals surface area contributed by atoms with E-state index in [0.717, 1.165) is 32.2 Å². The quantitative estimate of drug-likeness (QED) is 0.745. The maximum absolute atomic E-state index is 12.3. The van der Waals surface area contributed by atoms with Crippen LogP contribution in [0.3, 0.4) is 0 Å². The Hall–Kier alpha value is -0.570. The average Bonchev–Trinajstić information content (AvgIpc) is 2.37. The molecule has 0 saturated heterocycles. The van der Waals surface area contributed by atoms with E-state index in [0.29, 0.717) is 17.9 Å². The third-order valence-electron chi connectivity index (χ3n) is 4.29. The molecule has 1 amide bonds. The minimum atomic E-state index is 0.229. The molecule has 1 aliphatic rings. The van der Waals surface area contributed by atoms with Crippen molar-refractivity contribution >= 4 is 5.91 Å². The van der Waals surface area contributed by atoms with E-state index in [4.69, 9.17) is 5.73 Å². The molecule has 0 radical (unpaired) electrons. The Bertz CT molecular complexity index is 263. The van der Waals surface area contributed by atoms with Crippen molar-refractivity contribution in [3.63, 3.8) is 0 Å². The maximum Gasteiger partial charge on any atom is 0.223 e. The average molecular weight is 268 g/mol. The first kappa shape index (κ1) is 16.5. The molecule has 0 bridgehead atoms. The van der Waals surface area contributed by atoms with Gasteiger partial charge in [0.05, 0.1) is 0 Å². The molecular formula is C16H32N2O. The van der Waals surface area contributed by atoms with Gasteiger partial charge in [-0.25, -0.2) is 0 Å². The van der Waals surface area contributed by atoms with Gasteiger partial charge in [-0.15, -0.1) is 0 Å².